The first kappa shape index (κ1) is 15.0. The van der Waals surface area contributed by atoms with E-state index in [9.17, 15) is 4.79 Å². The van der Waals surface area contributed by atoms with Gasteiger partial charge in [-0.1, -0.05) is 25.5 Å². The van der Waals surface area contributed by atoms with Gasteiger partial charge in [-0.25, -0.2) is 0 Å². The van der Waals surface area contributed by atoms with Crippen LogP contribution in [-0.4, -0.2) is 36.9 Å². The number of piperidine rings is 1. The molecule has 1 saturated heterocycles. The summed E-state index contributed by atoms with van der Waals surface area (Å²) in [7, 11) is 0. The van der Waals surface area contributed by atoms with Crippen LogP contribution in [0.2, 0.25) is 0 Å². The van der Waals surface area contributed by atoms with Gasteiger partial charge in [0.2, 0.25) is 0 Å². The average Bonchev–Trinajstić information content (AvgIpc) is 2.49. The minimum Gasteiger partial charge on any atom is -0.493 e. The van der Waals surface area contributed by atoms with Gasteiger partial charge in [0.1, 0.15) is 5.75 Å². The summed E-state index contributed by atoms with van der Waals surface area (Å²) in [6, 6.07) is 7.56. The fraction of sp³-hybridized carbons (Fsp3) is 0.588. The minimum atomic E-state index is 0.170. The number of para-hydroxylation sites is 1. The van der Waals surface area contributed by atoms with Gasteiger partial charge in [-0.15, -0.1) is 0 Å². The van der Waals surface area contributed by atoms with Crippen LogP contribution in [0.15, 0.2) is 24.3 Å². The Labute approximate surface area is 121 Å². The summed E-state index contributed by atoms with van der Waals surface area (Å²) in [4.78, 5) is 14.7. The van der Waals surface area contributed by atoms with Crippen LogP contribution in [0, 0.1) is 5.92 Å². The number of benzene rings is 1. The van der Waals surface area contributed by atoms with Crippen LogP contribution in [0.5, 0.6) is 5.75 Å². The van der Waals surface area contributed by atoms with Crippen LogP contribution in [-0.2, 0) is 0 Å². The number of likely N-dealkylation sites (tertiary alicyclic amines) is 1. The highest BCUT2D eigenvalue weighted by Crippen LogP contribution is 2.22. The van der Waals surface area contributed by atoms with Gasteiger partial charge in [-0.05, 0) is 50.9 Å². The summed E-state index contributed by atoms with van der Waals surface area (Å²) in [5.41, 5.74) is 0.715. The fourth-order valence-electron chi connectivity index (χ4n) is 2.82. The lowest BCUT2D eigenvalue weighted by atomic mass is 9.94. The lowest BCUT2D eigenvalue weighted by Crippen LogP contribution is -2.37. The molecule has 0 unspecified atom stereocenters. The Kier molecular flexibility index (Phi) is 5.60. The van der Waals surface area contributed by atoms with Gasteiger partial charge in [0, 0.05) is 0 Å². The number of hydrogen-bond acceptors (Lipinski definition) is 3. The van der Waals surface area contributed by atoms with Gasteiger partial charge in [-0.3, -0.25) is 9.69 Å². The summed E-state index contributed by atoms with van der Waals surface area (Å²) in [6.45, 7) is 7.38. The van der Waals surface area contributed by atoms with E-state index >= 15 is 0 Å². The molecule has 1 fully saturated rings. The van der Waals surface area contributed by atoms with Crippen LogP contribution >= 0.6 is 0 Å². The van der Waals surface area contributed by atoms with E-state index in [1.807, 2.05) is 31.2 Å². The minimum absolute atomic E-state index is 0.170. The van der Waals surface area contributed by atoms with Crippen molar-refractivity contribution in [2.75, 3.05) is 26.2 Å². The van der Waals surface area contributed by atoms with Gasteiger partial charge >= 0.3 is 0 Å². The normalized spacial score (nSPS) is 17.1. The Morgan fingerprint density at radius 2 is 1.95 bits per heavy atom. The van der Waals surface area contributed by atoms with Gasteiger partial charge < -0.3 is 4.74 Å². The molecule has 0 aromatic heterocycles. The Morgan fingerprint density at radius 3 is 2.60 bits per heavy atom. The van der Waals surface area contributed by atoms with Gasteiger partial charge in [0.05, 0.1) is 18.7 Å². The van der Waals surface area contributed by atoms with Gasteiger partial charge in [0.15, 0.2) is 5.78 Å². The molecule has 1 aliphatic heterocycles. The van der Waals surface area contributed by atoms with E-state index in [-0.39, 0.29) is 5.78 Å². The summed E-state index contributed by atoms with van der Waals surface area (Å²) < 4.78 is 5.54. The molecule has 0 radical (unpaired) electrons. The van der Waals surface area contributed by atoms with Crippen LogP contribution in [0.3, 0.4) is 0 Å². The SMILES string of the molecule is CCOc1ccccc1C(=O)CN1CCC(CC)CC1. The molecule has 0 spiro atoms. The van der Waals surface area contributed by atoms with E-state index in [1.165, 1.54) is 19.3 Å². The third kappa shape index (κ3) is 3.83. The highest BCUT2D eigenvalue weighted by Gasteiger charge is 2.21. The van der Waals surface area contributed by atoms with Crippen molar-refractivity contribution in [3.05, 3.63) is 29.8 Å². The zero-order valence-corrected chi connectivity index (χ0v) is 12.6. The van der Waals surface area contributed by atoms with Gasteiger partial charge in [-0.2, -0.15) is 0 Å². The molecule has 3 nitrogen and oxygen atoms in total. The second-order valence-corrected chi connectivity index (χ2v) is 5.48. The number of nitrogens with zero attached hydrogens (tertiary/aromatic N) is 1. The zero-order valence-electron chi connectivity index (χ0n) is 12.6. The van der Waals surface area contributed by atoms with E-state index in [1.54, 1.807) is 0 Å². The number of Topliss-reactive ketones (excluding diaryl/α,β-unsaturated/α-hetero) is 1. The highest BCUT2D eigenvalue weighted by atomic mass is 16.5. The first-order valence-corrected chi connectivity index (χ1v) is 7.72. The molecular weight excluding hydrogens is 250 g/mol. The molecule has 20 heavy (non-hydrogen) atoms. The van der Waals surface area contributed by atoms with Crippen molar-refractivity contribution >= 4 is 5.78 Å². The Hall–Kier alpha value is -1.35. The molecule has 1 heterocycles. The lowest BCUT2D eigenvalue weighted by molar-refractivity contribution is 0.0891. The van der Waals surface area contributed by atoms with Crippen molar-refractivity contribution < 1.29 is 9.53 Å². The quantitative estimate of drug-likeness (QED) is 0.745. The van der Waals surface area contributed by atoms with Crippen molar-refractivity contribution in [3.8, 4) is 5.75 Å². The maximum absolute atomic E-state index is 12.4. The van der Waals surface area contributed by atoms with Crippen molar-refractivity contribution in [1.29, 1.82) is 0 Å². The number of carbonyl (C=O) groups is 1. The van der Waals surface area contributed by atoms with E-state index < -0.39 is 0 Å². The van der Waals surface area contributed by atoms with Gasteiger partial charge in [0.25, 0.3) is 0 Å². The molecule has 1 aromatic carbocycles. The number of carbonyl (C=O) groups excluding carboxylic acids is 1. The number of ether oxygens (including phenoxy) is 1. The van der Waals surface area contributed by atoms with E-state index in [4.69, 9.17) is 4.74 Å². The summed E-state index contributed by atoms with van der Waals surface area (Å²) in [6.07, 6.45) is 3.70. The number of ketones is 1. The molecule has 2 rings (SSSR count). The summed E-state index contributed by atoms with van der Waals surface area (Å²) in [5.74, 6) is 1.73. The smallest absolute Gasteiger partial charge is 0.180 e. The summed E-state index contributed by atoms with van der Waals surface area (Å²) >= 11 is 0. The zero-order chi connectivity index (χ0) is 14.4. The van der Waals surface area contributed by atoms with Crippen molar-refractivity contribution in [2.24, 2.45) is 5.92 Å². The Bertz CT molecular complexity index is 436. The first-order valence-electron chi connectivity index (χ1n) is 7.72. The lowest BCUT2D eigenvalue weighted by Gasteiger charge is -2.30. The molecule has 0 N–H and O–H groups in total. The van der Waals surface area contributed by atoms with E-state index in [2.05, 4.69) is 11.8 Å². The van der Waals surface area contributed by atoms with Crippen LogP contribution < -0.4 is 4.74 Å². The van der Waals surface area contributed by atoms with Crippen LogP contribution in [0.25, 0.3) is 0 Å². The van der Waals surface area contributed by atoms with Crippen molar-refractivity contribution in [1.82, 2.24) is 4.90 Å². The molecule has 0 amide bonds. The molecule has 0 atom stereocenters. The van der Waals surface area contributed by atoms with Crippen LogP contribution in [0.4, 0.5) is 0 Å². The maximum atomic E-state index is 12.4. The first-order chi connectivity index (χ1) is 9.74. The molecule has 110 valence electrons. The molecule has 0 aliphatic carbocycles. The topological polar surface area (TPSA) is 29.5 Å². The second kappa shape index (κ2) is 7.44. The Balaban J connectivity index is 1.95. The van der Waals surface area contributed by atoms with Crippen molar-refractivity contribution in [3.63, 3.8) is 0 Å². The van der Waals surface area contributed by atoms with E-state index in [0.717, 1.165) is 19.0 Å². The molecule has 3 heteroatoms. The Morgan fingerprint density at radius 1 is 1.25 bits per heavy atom. The second-order valence-electron chi connectivity index (χ2n) is 5.48. The monoisotopic (exact) mass is 275 g/mol. The third-order valence-corrected chi connectivity index (χ3v) is 4.14. The number of hydrogen-bond donors (Lipinski definition) is 0. The molecular formula is C17H25NO2. The predicted molar refractivity (Wildman–Crippen MR) is 81.4 cm³/mol. The van der Waals surface area contributed by atoms with Crippen LogP contribution in [0.1, 0.15) is 43.5 Å². The largest absolute Gasteiger partial charge is 0.493 e. The molecule has 0 saturated carbocycles. The highest BCUT2D eigenvalue weighted by molar-refractivity contribution is 6.00. The fourth-order valence-corrected chi connectivity index (χ4v) is 2.82. The summed E-state index contributed by atoms with van der Waals surface area (Å²) in [5, 5.41) is 0. The number of rotatable bonds is 6. The third-order valence-electron chi connectivity index (χ3n) is 4.14. The molecule has 1 aliphatic rings. The average molecular weight is 275 g/mol. The maximum Gasteiger partial charge on any atom is 0.180 e. The van der Waals surface area contributed by atoms with Crippen molar-refractivity contribution in [2.45, 2.75) is 33.1 Å². The molecule has 0 bridgehead atoms. The molecule has 1 aromatic rings. The standard InChI is InChI=1S/C17H25NO2/c1-3-14-9-11-18(12-10-14)13-16(19)15-7-5-6-8-17(15)20-4-2/h5-8,14H,3-4,9-13H2,1-2H3. The predicted octanol–water partition coefficient (Wildman–Crippen LogP) is 3.39. The van der Waals surface area contributed by atoms with E-state index in [0.29, 0.717) is 24.5 Å².